The van der Waals surface area contributed by atoms with Gasteiger partial charge < -0.3 is 0 Å². The van der Waals surface area contributed by atoms with Crippen molar-refractivity contribution in [2.24, 2.45) is 0 Å². The molecule has 0 amide bonds. The molecule has 0 fully saturated rings. The van der Waals surface area contributed by atoms with Crippen molar-refractivity contribution in [2.45, 2.75) is 75.1 Å². The lowest BCUT2D eigenvalue weighted by molar-refractivity contribution is -0.338. The Labute approximate surface area is 180 Å². The van der Waals surface area contributed by atoms with Gasteiger partial charge in [0, 0.05) is 24.2 Å². The lowest BCUT2D eigenvalue weighted by Gasteiger charge is -2.33. The second-order valence-electron chi connectivity index (χ2n) is 7.24. The molecule has 0 spiro atoms. The van der Waals surface area contributed by atoms with Crippen LogP contribution in [0, 0.1) is 13.8 Å². The molecular weight excluding hydrogens is 522 g/mol. The molecule has 0 N–H and O–H groups in total. The molecule has 1 rings (SSSR count). The summed E-state index contributed by atoms with van der Waals surface area (Å²) in [6.07, 6.45) is -15.6. The third-order valence-corrected chi connectivity index (χ3v) is 4.74. The van der Waals surface area contributed by atoms with Gasteiger partial charge in [0.1, 0.15) is 0 Å². The van der Waals surface area contributed by atoms with E-state index in [9.17, 15) is 70.2 Å². The zero-order chi connectivity index (χ0) is 27.3. The summed E-state index contributed by atoms with van der Waals surface area (Å²) in [7, 11) is 0. The van der Waals surface area contributed by atoms with Crippen molar-refractivity contribution >= 4 is 0 Å². The molecule has 198 valence electrons. The highest BCUT2D eigenvalue weighted by Gasteiger charge is 2.76. The molecule has 0 aromatic carbocycles. The van der Waals surface area contributed by atoms with Crippen molar-refractivity contribution in [2.75, 3.05) is 0 Å². The molecule has 0 radical (unpaired) electrons. The molecular formula is C17H13F16N. The summed E-state index contributed by atoms with van der Waals surface area (Å²) in [5.74, 6) is -38.4. The summed E-state index contributed by atoms with van der Waals surface area (Å²) in [6.45, 7) is 1.48. The largest absolute Gasteiger partial charge is 0.378 e. The molecule has 0 unspecified atom stereocenters. The molecule has 17 heteroatoms. The molecule has 0 saturated heterocycles. The normalized spacial score (nSPS) is 14.9. The number of nitrogens with zero attached hydrogens (tertiary/aromatic N) is 1. The summed E-state index contributed by atoms with van der Waals surface area (Å²) < 4.78 is 210. The van der Waals surface area contributed by atoms with Crippen molar-refractivity contribution in [1.82, 2.24) is 4.98 Å². The first-order valence-corrected chi connectivity index (χ1v) is 8.66. The fourth-order valence-corrected chi connectivity index (χ4v) is 2.63. The first-order chi connectivity index (χ1) is 14.9. The number of rotatable bonds is 10. The van der Waals surface area contributed by atoms with Crippen molar-refractivity contribution in [3.05, 3.63) is 28.6 Å². The average molecular weight is 535 g/mol. The molecule has 0 atom stereocenters. The third kappa shape index (κ3) is 4.88. The predicted molar refractivity (Wildman–Crippen MR) is 82.8 cm³/mol. The summed E-state index contributed by atoms with van der Waals surface area (Å²) in [6, 6.07) is 0.0205. The fourth-order valence-electron chi connectivity index (χ4n) is 2.63. The standard InChI is InChI=1S/C17H13F16N/c1-6-8(4-12(22,23)16(30,31)14(26,27)10(18)19)3-9(7(2)34-6)5-13(24,25)17(32,33)15(28,29)11(20)21/h3,10-11H,4-5H2,1-2H3. The van der Waals surface area contributed by atoms with Gasteiger partial charge in [-0.2, -0.15) is 52.7 Å². The highest BCUT2D eigenvalue weighted by atomic mass is 19.4. The van der Waals surface area contributed by atoms with Gasteiger partial charge in [-0.25, -0.2) is 17.6 Å². The van der Waals surface area contributed by atoms with Crippen LogP contribution in [0.25, 0.3) is 0 Å². The van der Waals surface area contributed by atoms with Crippen LogP contribution in [-0.2, 0) is 12.8 Å². The Morgan fingerprint density at radius 1 is 0.588 bits per heavy atom. The molecule has 0 aliphatic heterocycles. The molecule has 34 heavy (non-hydrogen) atoms. The van der Waals surface area contributed by atoms with E-state index >= 15 is 0 Å². The van der Waals surface area contributed by atoms with E-state index < -0.39 is 83.7 Å². The Hall–Kier alpha value is -1.97. The number of halogens is 16. The van der Waals surface area contributed by atoms with Crippen LogP contribution >= 0.6 is 0 Å². The van der Waals surface area contributed by atoms with E-state index in [4.69, 9.17) is 0 Å². The first-order valence-electron chi connectivity index (χ1n) is 8.66. The zero-order valence-corrected chi connectivity index (χ0v) is 16.6. The van der Waals surface area contributed by atoms with Gasteiger partial charge in [0.05, 0.1) is 0 Å². The molecule has 1 heterocycles. The van der Waals surface area contributed by atoms with Gasteiger partial charge in [-0.3, -0.25) is 4.98 Å². The van der Waals surface area contributed by atoms with Gasteiger partial charge in [-0.1, -0.05) is 6.07 Å². The summed E-state index contributed by atoms with van der Waals surface area (Å²) in [5, 5.41) is 0. The summed E-state index contributed by atoms with van der Waals surface area (Å²) >= 11 is 0. The van der Waals surface area contributed by atoms with Crippen molar-refractivity contribution in [3.63, 3.8) is 0 Å². The summed E-state index contributed by atoms with van der Waals surface area (Å²) in [4.78, 5) is 3.27. The van der Waals surface area contributed by atoms with E-state index in [-0.39, 0.29) is 6.07 Å². The van der Waals surface area contributed by atoms with E-state index in [0.29, 0.717) is 0 Å². The van der Waals surface area contributed by atoms with Gasteiger partial charge >= 0.3 is 48.4 Å². The van der Waals surface area contributed by atoms with Crippen LogP contribution in [0.1, 0.15) is 22.5 Å². The Morgan fingerprint density at radius 2 is 0.853 bits per heavy atom. The molecule has 0 saturated carbocycles. The minimum absolute atomic E-state index is 0.0205. The van der Waals surface area contributed by atoms with E-state index in [0.717, 1.165) is 13.8 Å². The topological polar surface area (TPSA) is 12.9 Å². The van der Waals surface area contributed by atoms with Crippen LogP contribution in [0.3, 0.4) is 0 Å². The van der Waals surface area contributed by atoms with Gasteiger partial charge in [-0.05, 0) is 25.0 Å². The van der Waals surface area contributed by atoms with Crippen LogP contribution in [0.2, 0.25) is 0 Å². The number of aromatic nitrogens is 1. The maximum atomic E-state index is 13.9. The molecule has 1 aromatic heterocycles. The zero-order valence-electron chi connectivity index (χ0n) is 16.6. The number of hydrogen-bond donors (Lipinski definition) is 0. The Morgan fingerprint density at radius 3 is 1.09 bits per heavy atom. The minimum atomic E-state index is -6.69. The Bertz CT molecular complexity index is 809. The van der Waals surface area contributed by atoms with Crippen LogP contribution in [0.15, 0.2) is 6.07 Å². The number of hydrogen-bond acceptors (Lipinski definition) is 1. The number of alkyl halides is 16. The van der Waals surface area contributed by atoms with Crippen LogP contribution in [0.5, 0.6) is 0 Å². The molecule has 0 bridgehead atoms. The lowest BCUT2D eigenvalue weighted by atomic mass is 9.92. The minimum Gasteiger partial charge on any atom is -0.258 e. The average Bonchev–Trinajstić information content (AvgIpc) is 2.64. The van der Waals surface area contributed by atoms with E-state index in [1.807, 2.05) is 0 Å². The first kappa shape index (κ1) is 30.1. The Balaban J connectivity index is 3.46. The predicted octanol–water partition coefficient (Wildman–Crippen LogP) is 7.13. The molecule has 1 nitrogen and oxygen atoms in total. The number of pyridine rings is 1. The Kier molecular flexibility index (Phi) is 7.88. The number of aryl methyl sites for hydroxylation is 2. The maximum Gasteiger partial charge on any atom is 0.378 e. The second-order valence-corrected chi connectivity index (χ2v) is 7.24. The lowest BCUT2D eigenvalue weighted by Crippen LogP contribution is -2.58. The van der Waals surface area contributed by atoms with Crippen LogP contribution in [0.4, 0.5) is 70.2 Å². The van der Waals surface area contributed by atoms with E-state index in [2.05, 4.69) is 4.98 Å². The summed E-state index contributed by atoms with van der Waals surface area (Å²) in [5.41, 5.74) is -4.08. The second kappa shape index (κ2) is 8.91. The molecule has 1 aromatic rings. The fraction of sp³-hybridized carbons (Fsp3) is 0.706. The maximum absolute atomic E-state index is 13.9. The van der Waals surface area contributed by atoms with Gasteiger partial charge in [0.25, 0.3) is 0 Å². The van der Waals surface area contributed by atoms with Crippen molar-refractivity contribution in [1.29, 1.82) is 0 Å². The van der Waals surface area contributed by atoms with Gasteiger partial charge in [-0.15, -0.1) is 0 Å². The monoisotopic (exact) mass is 535 g/mol. The van der Waals surface area contributed by atoms with Gasteiger partial charge in [0.2, 0.25) is 0 Å². The SMILES string of the molecule is Cc1nc(C)c(CC(F)(F)C(F)(F)C(F)(F)C(F)F)cc1CC(F)(F)C(F)(F)C(F)(F)C(F)F. The van der Waals surface area contributed by atoms with Crippen LogP contribution in [-0.4, -0.2) is 53.4 Å². The van der Waals surface area contributed by atoms with E-state index in [1.54, 1.807) is 0 Å². The van der Waals surface area contributed by atoms with Crippen molar-refractivity contribution in [3.8, 4) is 0 Å². The quantitative estimate of drug-likeness (QED) is 0.291. The molecule has 0 aliphatic carbocycles. The smallest absolute Gasteiger partial charge is 0.258 e. The molecule has 0 aliphatic rings. The van der Waals surface area contributed by atoms with E-state index in [1.165, 1.54) is 0 Å². The van der Waals surface area contributed by atoms with Crippen LogP contribution < -0.4 is 0 Å². The van der Waals surface area contributed by atoms with Gasteiger partial charge in [0.15, 0.2) is 0 Å². The highest BCUT2D eigenvalue weighted by Crippen LogP contribution is 2.51. The highest BCUT2D eigenvalue weighted by molar-refractivity contribution is 5.32. The third-order valence-electron chi connectivity index (χ3n) is 4.74. The van der Waals surface area contributed by atoms with Crippen molar-refractivity contribution < 1.29 is 70.2 Å².